The van der Waals surface area contributed by atoms with Gasteiger partial charge in [0, 0.05) is 34.8 Å². The average molecular weight is 399 g/mol. The lowest BCUT2D eigenvalue weighted by Gasteiger charge is -2.27. The third-order valence-corrected chi connectivity index (χ3v) is 4.87. The molecule has 1 unspecified atom stereocenters. The number of pyridine rings is 2. The Balaban J connectivity index is 1.96. The van der Waals surface area contributed by atoms with Gasteiger partial charge in [0.05, 0.1) is 11.2 Å². The van der Waals surface area contributed by atoms with Crippen molar-refractivity contribution in [2.45, 2.75) is 31.7 Å². The summed E-state index contributed by atoms with van der Waals surface area (Å²) in [6, 6.07) is 4.79. The number of alkyl halides is 1. The summed E-state index contributed by atoms with van der Waals surface area (Å²) in [7, 11) is 0. The predicted molar refractivity (Wildman–Crippen MR) is 90.6 cm³/mol. The summed E-state index contributed by atoms with van der Waals surface area (Å²) in [5, 5.41) is 1.08. The topological polar surface area (TPSA) is 29.0 Å². The molecule has 3 heterocycles. The normalized spacial score (nSPS) is 18.9. The minimum Gasteiger partial charge on any atom is -0.367 e. The molecule has 0 radical (unpaired) electrons. The van der Waals surface area contributed by atoms with E-state index in [-0.39, 0.29) is 0 Å². The summed E-state index contributed by atoms with van der Waals surface area (Å²) in [5.41, 5.74) is 3.21. The molecule has 2 aromatic heterocycles. The van der Waals surface area contributed by atoms with Crippen LogP contribution in [0.4, 0.5) is 5.69 Å². The van der Waals surface area contributed by atoms with E-state index in [0.29, 0.717) is 6.04 Å². The van der Waals surface area contributed by atoms with Gasteiger partial charge in [0.15, 0.2) is 0 Å². The van der Waals surface area contributed by atoms with Gasteiger partial charge in [0.1, 0.15) is 5.52 Å². The maximum Gasteiger partial charge on any atom is 0.112 e. The molecule has 106 valence electrons. The zero-order valence-electron chi connectivity index (χ0n) is 11.2. The zero-order chi connectivity index (χ0) is 13.9. The van der Waals surface area contributed by atoms with Gasteiger partial charge in [-0.25, -0.2) is 0 Å². The van der Waals surface area contributed by atoms with Gasteiger partial charge in [-0.05, 0) is 53.7 Å². The van der Waals surface area contributed by atoms with Gasteiger partial charge in [-0.15, -0.1) is 0 Å². The largest absolute Gasteiger partial charge is 0.367 e. The van der Waals surface area contributed by atoms with Crippen molar-refractivity contribution in [2.75, 3.05) is 16.8 Å². The molecule has 0 saturated carbocycles. The van der Waals surface area contributed by atoms with Gasteiger partial charge in [-0.2, -0.15) is 0 Å². The molecule has 0 spiro atoms. The van der Waals surface area contributed by atoms with Crippen molar-refractivity contribution in [1.82, 2.24) is 9.97 Å². The quantitative estimate of drug-likeness (QED) is 0.708. The number of rotatable bonds is 4. The number of aromatic nitrogens is 2. The molecule has 1 aliphatic heterocycles. The Kier molecular flexibility index (Phi) is 4.56. The van der Waals surface area contributed by atoms with Gasteiger partial charge in [-0.1, -0.05) is 15.9 Å². The van der Waals surface area contributed by atoms with E-state index in [9.17, 15) is 0 Å². The molecule has 20 heavy (non-hydrogen) atoms. The molecular formula is C15H17Br2N3. The van der Waals surface area contributed by atoms with Crippen LogP contribution in [0, 0.1) is 0 Å². The molecule has 0 bridgehead atoms. The van der Waals surface area contributed by atoms with Crippen LogP contribution in [0.15, 0.2) is 29.0 Å². The molecule has 1 aliphatic rings. The monoisotopic (exact) mass is 397 g/mol. The van der Waals surface area contributed by atoms with E-state index in [2.05, 4.69) is 52.8 Å². The van der Waals surface area contributed by atoms with Crippen LogP contribution in [0.5, 0.6) is 0 Å². The van der Waals surface area contributed by atoms with Gasteiger partial charge in [-0.3, -0.25) is 9.97 Å². The Morgan fingerprint density at radius 1 is 1.35 bits per heavy atom. The number of halogens is 2. The van der Waals surface area contributed by atoms with Crippen LogP contribution in [0.25, 0.3) is 11.0 Å². The van der Waals surface area contributed by atoms with Crippen molar-refractivity contribution >= 4 is 48.6 Å². The maximum atomic E-state index is 4.58. The lowest BCUT2D eigenvalue weighted by molar-refractivity contribution is 0.605. The highest BCUT2D eigenvalue weighted by Gasteiger charge is 2.25. The number of fused-ring (bicyclic) bond motifs is 1. The predicted octanol–water partition coefficient (Wildman–Crippen LogP) is 4.54. The van der Waals surface area contributed by atoms with Gasteiger partial charge < -0.3 is 4.90 Å². The lowest BCUT2D eigenvalue weighted by Crippen LogP contribution is -2.29. The van der Waals surface area contributed by atoms with E-state index >= 15 is 0 Å². The highest BCUT2D eigenvalue weighted by atomic mass is 79.9. The first kappa shape index (κ1) is 14.3. The van der Waals surface area contributed by atoms with E-state index in [4.69, 9.17) is 0 Å². The highest BCUT2D eigenvalue weighted by molar-refractivity contribution is 9.10. The lowest BCUT2D eigenvalue weighted by atomic mass is 10.1. The standard InChI is InChI=1S/C15H17Br2N3/c16-6-1-3-12-4-2-8-20(12)14-5-7-18-13-9-11(17)10-19-15(13)14/h5,7,9-10,12H,1-4,6,8H2. The second kappa shape index (κ2) is 6.39. The Labute approximate surface area is 136 Å². The van der Waals surface area contributed by atoms with Crippen LogP contribution in [-0.4, -0.2) is 27.9 Å². The second-order valence-electron chi connectivity index (χ2n) is 5.17. The van der Waals surface area contributed by atoms with Crippen LogP contribution in [0.1, 0.15) is 25.7 Å². The summed E-state index contributed by atoms with van der Waals surface area (Å²) < 4.78 is 0.979. The first-order chi connectivity index (χ1) is 9.79. The molecular weight excluding hydrogens is 382 g/mol. The Morgan fingerprint density at radius 2 is 2.25 bits per heavy atom. The van der Waals surface area contributed by atoms with Crippen molar-refractivity contribution in [1.29, 1.82) is 0 Å². The fourth-order valence-corrected chi connectivity index (χ4v) is 3.63. The number of anilines is 1. The van der Waals surface area contributed by atoms with Crippen LogP contribution in [-0.2, 0) is 0 Å². The van der Waals surface area contributed by atoms with Gasteiger partial charge in [0.25, 0.3) is 0 Å². The van der Waals surface area contributed by atoms with E-state index < -0.39 is 0 Å². The van der Waals surface area contributed by atoms with Crippen molar-refractivity contribution < 1.29 is 0 Å². The van der Waals surface area contributed by atoms with Crippen LogP contribution < -0.4 is 4.90 Å². The van der Waals surface area contributed by atoms with Crippen molar-refractivity contribution in [3.05, 3.63) is 29.0 Å². The second-order valence-corrected chi connectivity index (χ2v) is 6.88. The average Bonchev–Trinajstić information content (AvgIpc) is 2.92. The van der Waals surface area contributed by atoms with Crippen molar-refractivity contribution in [2.24, 2.45) is 0 Å². The van der Waals surface area contributed by atoms with Crippen LogP contribution in [0.3, 0.4) is 0 Å². The Bertz CT molecular complexity index is 603. The minimum atomic E-state index is 0.642. The van der Waals surface area contributed by atoms with E-state index in [1.54, 1.807) is 0 Å². The molecule has 0 aromatic carbocycles. The first-order valence-electron chi connectivity index (χ1n) is 7.02. The zero-order valence-corrected chi connectivity index (χ0v) is 14.4. The molecule has 1 atom stereocenters. The molecule has 0 aliphatic carbocycles. The van der Waals surface area contributed by atoms with Gasteiger partial charge in [0.2, 0.25) is 0 Å². The molecule has 3 rings (SSSR count). The maximum absolute atomic E-state index is 4.58. The SMILES string of the molecule is BrCCCC1CCCN1c1ccnc2cc(Br)cnc12. The molecule has 3 nitrogen and oxygen atoms in total. The number of hydrogen-bond donors (Lipinski definition) is 0. The van der Waals surface area contributed by atoms with Crippen LogP contribution in [0.2, 0.25) is 0 Å². The van der Waals surface area contributed by atoms with E-state index in [1.165, 1.54) is 31.4 Å². The molecule has 0 amide bonds. The summed E-state index contributed by atoms with van der Waals surface area (Å²) in [6.45, 7) is 1.13. The molecule has 5 heteroatoms. The van der Waals surface area contributed by atoms with Crippen molar-refractivity contribution in [3.8, 4) is 0 Å². The summed E-state index contributed by atoms with van der Waals surface area (Å²) >= 11 is 7.00. The van der Waals surface area contributed by atoms with Crippen LogP contribution >= 0.6 is 31.9 Å². The third kappa shape index (κ3) is 2.84. The first-order valence-corrected chi connectivity index (χ1v) is 8.94. The third-order valence-electron chi connectivity index (χ3n) is 3.88. The number of hydrogen-bond acceptors (Lipinski definition) is 3. The Hall–Kier alpha value is -0.680. The fourth-order valence-electron chi connectivity index (χ4n) is 2.99. The highest BCUT2D eigenvalue weighted by Crippen LogP contribution is 2.32. The molecule has 0 N–H and O–H groups in total. The molecule has 1 fully saturated rings. The van der Waals surface area contributed by atoms with Gasteiger partial charge >= 0.3 is 0 Å². The Morgan fingerprint density at radius 3 is 3.10 bits per heavy atom. The summed E-state index contributed by atoms with van der Waals surface area (Å²) in [4.78, 5) is 11.5. The minimum absolute atomic E-state index is 0.642. The molecule has 2 aromatic rings. The smallest absolute Gasteiger partial charge is 0.112 e. The van der Waals surface area contributed by atoms with E-state index in [0.717, 1.165) is 27.4 Å². The fraction of sp³-hybridized carbons (Fsp3) is 0.467. The molecule has 1 saturated heterocycles. The summed E-state index contributed by atoms with van der Waals surface area (Å²) in [6.07, 6.45) is 8.78. The van der Waals surface area contributed by atoms with E-state index in [1.807, 2.05) is 18.5 Å². The number of nitrogens with zero attached hydrogens (tertiary/aromatic N) is 3. The van der Waals surface area contributed by atoms with Crippen molar-refractivity contribution in [3.63, 3.8) is 0 Å². The summed E-state index contributed by atoms with van der Waals surface area (Å²) in [5.74, 6) is 0.